The van der Waals surface area contributed by atoms with Crippen molar-refractivity contribution in [3.8, 4) is 6.07 Å². The standard InChI is InChI=1S/C13H19F4NO/c1-2-3-9-4-5-10(7-18)11(6-9)19-8-13(16,17)12(14)15/h9-12H,2-6,8H2,1H3. The van der Waals surface area contributed by atoms with Crippen LogP contribution in [-0.2, 0) is 4.74 Å². The molecular formula is C13H19F4NO. The maximum atomic E-state index is 12.8. The van der Waals surface area contributed by atoms with Crippen LogP contribution in [-0.4, -0.2) is 25.1 Å². The zero-order chi connectivity index (χ0) is 14.5. The number of alkyl halides is 4. The highest BCUT2D eigenvalue weighted by molar-refractivity contribution is 4.94. The zero-order valence-corrected chi connectivity index (χ0v) is 10.9. The van der Waals surface area contributed by atoms with Crippen LogP contribution in [0.15, 0.2) is 0 Å². The number of ether oxygens (including phenoxy) is 1. The minimum absolute atomic E-state index is 0.333. The zero-order valence-electron chi connectivity index (χ0n) is 10.9. The maximum Gasteiger partial charge on any atom is 0.330 e. The molecule has 0 aromatic rings. The lowest BCUT2D eigenvalue weighted by Gasteiger charge is -2.33. The molecule has 1 rings (SSSR count). The molecule has 0 spiro atoms. The van der Waals surface area contributed by atoms with E-state index in [9.17, 15) is 17.6 Å². The largest absolute Gasteiger partial charge is 0.370 e. The molecule has 3 unspecified atom stereocenters. The lowest BCUT2D eigenvalue weighted by atomic mass is 9.78. The summed E-state index contributed by atoms with van der Waals surface area (Å²) in [6.45, 7) is 0.712. The fourth-order valence-corrected chi connectivity index (χ4v) is 2.50. The monoisotopic (exact) mass is 281 g/mol. The van der Waals surface area contributed by atoms with Gasteiger partial charge >= 0.3 is 12.3 Å². The van der Waals surface area contributed by atoms with Gasteiger partial charge in [0.2, 0.25) is 0 Å². The number of nitriles is 1. The van der Waals surface area contributed by atoms with Gasteiger partial charge in [-0.2, -0.15) is 14.0 Å². The van der Waals surface area contributed by atoms with Gasteiger partial charge in [0.05, 0.1) is 18.1 Å². The lowest BCUT2D eigenvalue weighted by molar-refractivity contribution is -0.183. The fourth-order valence-electron chi connectivity index (χ4n) is 2.50. The van der Waals surface area contributed by atoms with Crippen LogP contribution in [0, 0.1) is 23.2 Å². The Kier molecular flexibility index (Phi) is 6.05. The van der Waals surface area contributed by atoms with E-state index in [1.54, 1.807) is 0 Å². The number of hydrogen-bond donors (Lipinski definition) is 0. The quantitative estimate of drug-likeness (QED) is 0.689. The molecule has 1 aliphatic carbocycles. The SMILES string of the molecule is CCCC1CCC(C#N)C(OCC(F)(F)C(F)F)C1. The minimum atomic E-state index is -4.14. The van der Waals surface area contributed by atoms with Gasteiger partial charge in [0, 0.05) is 0 Å². The third-order valence-electron chi connectivity index (χ3n) is 3.57. The Labute approximate surface area is 110 Å². The van der Waals surface area contributed by atoms with Crippen molar-refractivity contribution in [2.45, 2.75) is 57.5 Å². The van der Waals surface area contributed by atoms with E-state index in [1.165, 1.54) is 0 Å². The predicted octanol–water partition coefficient (Wildman–Crippen LogP) is 4.01. The van der Waals surface area contributed by atoms with E-state index >= 15 is 0 Å². The van der Waals surface area contributed by atoms with Crippen LogP contribution in [0.25, 0.3) is 0 Å². The third kappa shape index (κ3) is 4.64. The Balaban J connectivity index is 2.54. The van der Waals surface area contributed by atoms with Crippen molar-refractivity contribution in [2.75, 3.05) is 6.61 Å². The molecule has 0 N–H and O–H groups in total. The molecule has 0 amide bonds. The van der Waals surface area contributed by atoms with Crippen LogP contribution in [0.3, 0.4) is 0 Å². The van der Waals surface area contributed by atoms with Gasteiger partial charge in [-0.25, -0.2) is 8.78 Å². The summed E-state index contributed by atoms with van der Waals surface area (Å²) < 4.78 is 54.7. The smallest absolute Gasteiger partial charge is 0.330 e. The molecule has 3 atom stereocenters. The molecule has 1 saturated carbocycles. The molecule has 19 heavy (non-hydrogen) atoms. The van der Waals surface area contributed by atoms with E-state index in [-0.39, 0.29) is 0 Å². The van der Waals surface area contributed by atoms with Crippen molar-refractivity contribution in [3.05, 3.63) is 0 Å². The molecule has 6 heteroatoms. The van der Waals surface area contributed by atoms with Crippen molar-refractivity contribution in [1.29, 1.82) is 5.26 Å². The van der Waals surface area contributed by atoms with Gasteiger partial charge < -0.3 is 4.74 Å². The van der Waals surface area contributed by atoms with Crippen molar-refractivity contribution in [2.24, 2.45) is 11.8 Å². The summed E-state index contributed by atoms with van der Waals surface area (Å²) in [5, 5.41) is 8.95. The fraction of sp³-hybridized carbons (Fsp3) is 0.923. The highest BCUT2D eigenvalue weighted by Crippen LogP contribution is 2.34. The average molecular weight is 281 g/mol. The third-order valence-corrected chi connectivity index (χ3v) is 3.57. The average Bonchev–Trinajstić information content (AvgIpc) is 2.37. The van der Waals surface area contributed by atoms with E-state index < -0.39 is 31.0 Å². The molecular weight excluding hydrogens is 262 g/mol. The van der Waals surface area contributed by atoms with Crippen molar-refractivity contribution < 1.29 is 22.3 Å². The Bertz CT molecular complexity index is 316. The van der Waals surface area contributed by atoms with Crippen LogP contribution in [0.2, 0.25) is 0 Å². The number of halogens is 4. The first-order valence-corrected chi connectivity index (χ1v) is 6.57. The van der Waals surface area contributed by atoms with Crippen molar-refractivity contribution in [3.63, 3.8) is 0 Å². The number of rotatable bonds is 6. The van der Waals surface area contributed by atoms with Gasteiger partial charge in [-0.3, -0.25) is 0 Å². The molecule has 0 aromatic heterocycles. The van der Waals surface area contributed by atoms with Crippen LogP contribution >= 0.6 is 0 Å². The second kappa shape index (κ2) is 7.09. The first-order chi connectivity index (χ1) is 8.90. The molecule has 0 bridgehead atoms. The molecule has 0 heterocycles. The highest BCUT2D eigenvalue weighted by atomic mass is 19.3. The van der Waals surface area contributed by atoms with Gasteiger partial charge in [-0.05, 0) is 25.2 Å². The Morgan fingerprint density at radius 1 is 1.37 bits per heavy atom. The predicted molar refractivity (Wildman–Crippen MR) is 62.0 cm³/mol. The first kappa shape index (κ1) is 16.2. The molecule has 0 saturated heterocycles. The second-order valence-corrected chi connectivity index (χ2v) is 5.11. The molecule has 2 nitrogen and oxygen atoms in total. The highest BCUT2D eigenvalue weighted by Gasteiger charge is 2.43. The van der Waals surface area contributed by atoms with E-state index in [4.69, 9.17) is 10.00 Å². The number of hydrogen-bond acceptors (Lipinski definition) is 2. The lowest BCUT2D eigenvalue weighted by Crippen LogP contribution is -2.38. The molecule has 1 fully saturated rings. The molecule has 1 aliphatic rings. The van der Waals surface area contributed by atoms with Crippen LogP contribution in [0.1, 0.15) is 39.0 Å². The second-order valence-electron chi connectivity index (χ2n) is 5.11. The normalized spacial score (nSPS) is 28.4. The van der Waals surface area contributed by atoms with Crippen LogP contribution < -0.4 is 0 Å². The van der Waals surface area contributed by atoms with E-state index in [2.05, 4.69) is 0 Å². The van der Waals surface area contributed by atoms with Gasteiger partial charge in [0.1, 0.15) is 6.61 Å². The Morgan fingerprint density at radius 3 is 2.58 bits per heavy atom. The number of nitrogens with zero attached hydrogens (tertiary/aromatic N) is 1. The molecule has 0 aromatic carbocycles. The van der Waals surface area contributed by atoms with Gasteiger partial charge in [-0.1, -0.05) is 19.8 Å². The Hall–Kier alpha value is -0.830. The van der Waals surface area contributed by atoms with Gasteiger partial charge in [-0.15, -0.1) is 0 Å². The van der Waals surface area contributed by atoms with Gasteiger partial charge in [0.15, 0.2) is 0 Å². The van der Waals surface area contributed by atoms with Crippen molar-refractivity contribution in [1.82, 2.24) is 0 Å². The van der Waals surface area contributed by atoms with Crippen LogP contribution in [0.4, 0.5) is 17.6 Å². The molecule has 0 aliphatic heterocycles. The topological polar surface area (TPSA) is 33.0 Å². The summed E-state index contributed by atoms with van der Waals surface area (Å²) in [7, 11) is 0. The van der Waals surface area contributed by atoms with E-state index in [1.807, 2.05) is 13.0 Å². The summed E-state index contributed by atoms with van der Waals surface area (Å²) in [6.07, 6.45) is -0.498. The maximum absolute atomic E-state index is 12.8. The van der Waals surface area contributed by atoms with Gasteiger partial charge in [0.25, 0.3) is 0 Å². The first-order valence-electron chi connectivity index (χ1n) is 6.57. The van der Waals surface area contributed by atoms with E-state index in [0.29, 0.717) is 18.8 Å². The molecule has 110 valence electrons. The minimum Gasteiger partial charge on any atom is -0.370 e. The Morgan fingerprint density at radius 2 is 2.05 bits per heavy atom. The van der Waals surface area contributed by atoms with Crippen LogP contribution in [0.5, 0.6) is 0 Å². The molecule has 0 radical (unpaired) electrons. The summed E-state index contributed by atoms with van der Waals surface area (Å²) in [6, 6.07) is 2.02. The summed E-state index contributed by atoms with van der Waals surface area (Å²) in [4.78, 5) is 0. The van der Waals surface area contributed by atoms with Crippen molar-refractivity contribution >= 4 is 0 Å². The summed E-state index contributed by atoms with van der Waals surface area (Å²) >= 11 is 0. The summed E-state index contributed by atoms with van der Waals surface area (Å²) in [5.41, 5.74) is 0. The summed E-state index contributed by atoms with van der Waals surface area (Å²) in [5.74, 6) is -4.28. The van der Waals surface area contributed by atoms with E-state index in [0.717, 1.165) is 19.3 Å².